The molecule has 1 aliphatic rings. The summed E-state index contributed by atoms with van der Waals surface area (Å²) < 4.78 is 0. The van der Waals surface area contributed by atoms with Gasteiger partial charge in [0.2, 0.25) is 5.95 Å². The third kappa shape index (κ3) is 3.01. The molecular formula is C13H20N4O2. The van der Waals surface area contributed by atoms with Crippen LogP contribution in [0.3, 0.4) is 0 Å². The minimum atomic E-state index is -1.03. The minimum Gasteiger partial charge on any atom is -0.477 e. The summed E-state index contributed by atoms with van der Waals surface area (Å²) in [4.78, 5) is 21.4. The Morgan fingerprint density at radius 1 is 1.53 bits per heavy atom. The molecule has 0 aromatic carbocycles. The molecule has 0 amide bonds. The van der Waals surface area contributed by atoms with E-state index in [1.807, 2.05) is 4.90 Å². The normalized spacial score (nSPS) is 22.8. The maximum Gasteiger partial charge on any atom is 0.354 e. The van der Waals surface area contributed by atoms with Crippen LogP contribution in [-0.2, 0) is 0 Å². The average molecular weight is 264 g/mol. The van der Waals surface area contributed by atoms with Gasteiger partial charge in [-0.2, -0.15) is 0 Å². The van der Waals surface area contributed by atoms with Gasteiger partial charge in [-0.3, -0.25) is 0 Å². The van der Waals surface area contributed by atoms with Gasteiger partial charge < -0.3 is 15.7 Å². The summed E-state index contributed by atoms with van der Waals surface area (Å²) in [5.74, 6) is -0.116. The summed E-state index contributed by atoms with van der Waals surface area (Å²) in [6, 6.07) is 1.59. The Morgan fingerprint density at radius 3 is 2.89 bits per heavy atom. The zero-order chi connectivity index (χ0) is 14.0. The van der Waals surface area contributed by atoms with Crippen LogP contribution in [-0.4, -0.2) is 40.2 Å². The van der Waals surface area contributed by atoms with Crippen LogP contribution in [0.15, 0.2) is 6.07 Å². The van der Waals surface area contributed by atoms with E-state index in [9.17, 15) is 4.79 Å². The number of carboxylic acids is 1. The van der Waals surface area contributed by atoms with Crippen LogP contribution in [0.4, 0.5) is 5.95 Å². The zero-order valence-corrected chi connectivity index (χ0v) is 11.3. The van der Waals surface area contributed by atoms with Crippen LogP contribution < -0.4 is 10.6 Å². The Labute approximate surface area is 112 Å². The summed E-state index contributed by atoms with van der Waals surface area (Å²) in [7, 11) is 0. The topological polar surface area (TPSA) is 92.3 Å². The third-order valence-electron chi connectivity index (χ3n) is 3.50. The minimum absolute atomic E-state index is 0.0370. The fourth-order valence-electron chi connectivity index (χ4n) is 2.54. The lowest BCUT2D eigenvalue weighted by molar-refractivity contribution is 0.0690. The van der Waals surface area contributed by atoms with Gasteiger partial charge in [0, 0.05) is 24.8 Å². The molecule has 0 radical (unpaired) electrons. The van der Waals surface area contributed by atoms with E-state index in [1.165, 1.54) is 6.07 Å². The van der Waals surface area contributed by atoms with Gasteiger partial charge in [-0.15, -0.1) is 0 Å². The number of anilines is 1. The Morgan fingerprint density at radius 2 is 2.26 bits per heavy atom. The molecule has 6 heteroatoms. The van der Waals surface area contributed by atoms with Crippen molar-refractivity contribution in [2.24, 2.45) is 11.7 Å². The van der Waals surface area contributed by atoms with Crippen LogP contribution in [0.1, 0.15) is 35.9 Å². The highest BCUT2D eigenvalue weighted by Crippen LogP contribution is 2.24. The third-order valence-corrected chi connectivity index (χ3v) is 3.50. The van der Waals surface area contributed by atoms with Crippen molar-refractivity contribution in [2.45, 2.75) is 32.7 Å². The van der Waals surface area contributed by atoms with E-state index in [2.05, 4.69) is 16.9 Å². The maximum absolute atomic E-state index is 11.0. The molecule has 3 N–H and O–H groups in total. The van der Waals surface area contributed by atoms with Crippen molar-refractivity contribution in [3.05, 3.63) is 17.5 Å². The van der Waals surface area contributed by atoms with Crippen molar-refractivity contribution < 1.29 is 9.90 Å². The standard InChI is InChI=1S/C13H20N4O2/c1-3-4-9-6-17(7-10(9)14)13-15-8(2)5-11(16-13)12(18)19/h5,9-10H,3-4,6-7,14H2,1-2H3,(H,18,19)/t9-,10-/m1/s1. The summed E-state index contributed by atoms with van der Waals surface area (Å²) >= 11 is 0. The summed E-state index contributed by atoms with van der Waals surface area (Å²) in [5, 5.41) is 9.03. The molecule has 1 fully saturated rings. The number of hydrogen-bond acceptors (Lipinski definition) is 5. The van der Waals surface area contributed by atoms with Gasteiger partial charge in [0.15, 0.2) is 5.69 Å². The largest absolute Gasteiger partial charge is 0.477 e. The van der Waals surface area contributed by atoms with Gasteiger partial charge in [-0.05, 0) is 25.3 Å². The number of aromatic nitrogens is 2. The number of hydrogen-bond donors (Lipinski definition) is 2. The first kappa shape index (κ1) is 13.7. The predicted molar refractivity (Wildman–Crippen MR) is 72.3 cm³/mol. The zero-order valence-electron chi connectivity index (χ0n) is 11.3. The molecule has 19 heavy (non-hydrogen) atoms. The number of nitrogens with two attached hydrogens (primary N) is 1. The molecule has 2 heterocycles. The molecular weight excluding hydrogens is 244 g/mol. The smallest absolute Gasteiger partial charge is 0.354 e. The maximum atomic E-state index is 11.0. The van der Waals surface area contributed by atoms with E-state index in [4.69, 9.17) is 10.8 Å². The molecule has 0 unspecified atom stereocenters. The number of carbonyl (C=O) groups is 1. The van der Waals surface area contributed by atoms with Crippen LogP contribution in [0, 0.1) is 12.8 Å². The lowest BCUT2D eigenvalue weighted by Crippen LogP contribution is -2.30. The number of nitrogens with zero attached hydrogens (tertiary/aromatic N) is 3. The Hall–Kier alpha value is -1.69. The molecule has 1 aromatic heterocycles. The van der Waals surface area contributed by atoms with Crippen molar-refractivity contribution >= 4 is 11.9 Å². The molecule has 1 aromatic rings. The van der Waals surface area contributed by atoms with Gasteiger partial charge in [-0.1, -0.05) is 13.3 Å². The van der Waals surface area contributed by atoms with Gasteiger partial charge >= 0.3 is 5.97 Å². The lowest BCUT2D eigenvalue weighted by Gasteiger charge is -2.16. The van der Waals surface area contributed by atoms with E-state index in [0.717, 1.165) is 19.4 Å². The molecule has 1 saturated heterocycles. The fraction of sp³-hybridized carbons (Fsp3) is 0.615. The van der Waals surface area contributed by atoms with Crippen LogP contribution in [0.5, 0.6) is 0 Å². The van der Waals surface area contributed by atoms with Gasteiger partial charge in [0.1, 0.15) is 0 Å². The molecule has 1 aliphatic heterocycles. The summed E-state index contributed by atoms with van der Waals surface area (Å²) in [5.41, 5.74) is 6.81. The Balaban J connectivity index is 2.21. The highest BCUT2D eigenvalue weighted by molar-refractivity contribution is 5.85. The van der Waals surface area contributed by atoms with Gasteiger partial charge in [0.05, 0.1) is 0 Å². The summed E-state index contributed by atoms with van der Waals surface area (Å²) in [6.45, 7) is 5.41. The molecule has 0 bridgehead atoms. The predicted octanol–water partition coefficient (Wildman–Crippen LogP) is 1.05. The molecule has 0 aliphatic carbocycles. The van der Waals surface area contributed by atoms with Crippen molar-refractivity contribution in [2.75, 3.05) is 18.0 Å². The van der Waals surface area contributed by atoms with E-state index in [0.29, 0.717) is 24.1 Å². The lowest BCUT2D eigenvalue weighted by atomic mass is 9.99. The van der Waals surface area contributed by atoms with Crippen LogP contribution >= 0.6 is 0 Å². The van der Waals surface area contributed by atoms with Crippen molar-refractivity contribution in [1.82, 2.24) is 9.97 Å². The molecule has 0 spiro atoms. The fourth-order valence-corrected chi connectivity index (χ4v) is 2.54. The van der Waals surface area contributed by atoms with Crippen molar-refractivity contribution in [3.63, 3.8) is 0 Å². The van der Waals surface area contributed by atoms with Crippen LogP contribution in [0.25, 0.3) is 0 Å². The number of aromatic carboxylic acids is 1. The second-order valence-electron chi connectivity index (χ2n) is 5.12. The van der Waals surface area contributed by atoms with E-state index in [1.54, 1.807) is 6.92 Å². The second-order valence-corrected chi connectivity index (χ2v) is 5.12. The van der Waals surface area contributed by atoms with Crippen molar-refractivity contribution in [1.29, 1.82) is 0 Å². The number of aryl methyl sites for hydroxylation is 1. The van der Waals surface area contributed by atoms with Gasteiger partial charge in [0.25, 0.3) is 0 Å². The molecule has 6 nitrogen and oxygen atoms in total. The quantitative estimate of drug-likeness (QED) is 0.844. The summed E-state index contributed by atoms with van der Waals surface area (Å²) in [6.07, 6.45) is 2.18. The van der Waals surface area contributed by atoms with Crippen molar-refractivity contribution in [3.8, 4) is 0 Å². The SMILES string of the molecule is CCC[C@@H]1CN(c2nc(C)cc(C(=O)O)n2)C[C@H]1N. The average Bonchev–Trinajstić information content (AvgIpc) is 2.71. The molecule has 2 atom stereocenters. The Bertz CT molecular complexity index is 478. The second kappa shape index (κ2) is 5.52. The van der Waals surface area contributed by atoms with E-state index in [-0.39, 0.29) is 11.7 Å². The van der Waals surface area contributed by atoms with E-state index >= 15 is 0 Å². The molecule has 0 saturated carbocycles. The first-order chi connectivity index (χ1) is 9.01. The molecule has 104 valence electrons. The number of rotatable bonds is 4. The Kier molecular flexibility index (Phi) is 3.99. The highest BCUT2D eigenvalue weighted by atomic mass is 16.4. The van der Waals surface area contributed by atoms with Gasteiger partial charge in [-0.25, -0.2) is 14.8 Å². The van der Waals surface area contributed by atoms with E-state index < -0.39 is 5.97 Å². The molecule has 2 rings (SSSR count). The highest BCUT2D eigenvalue weighted by Gasteiger charge is 2.31. The first-order valence-electron chi connectivity index (χ1n) is 6.60. The van der Waals surface area contributed by atoms with Crippen LogP contribution in [0.2, 0.25) is 0 Å². The number of carboxylic acid groups (broad SMARTS) is 1. The monoisotopic (exact) mass is 264 g/mol. The first-order valence-corrected chi connectivity index (χ1v) is 6.60.